The molecule has 36 heavy (non-hydrogen) atoms. The van der Waals surface area contributed by atoms with Crippen LogP contribution in [0.2, 0.25) is 0 Å². The number of nitrogens with zero attached hydrogens (tertiary/aromatic N) is 4. The number of carbonyl (C=O) groups is 1. The minimum atomic E-state index is -0.0444. The van der Waals surface area contributed by atoms with E-state index in [0.717, 1.165) is 54.2 Å². The van der Waals surface area contributed by atoms with Gasteiger partial charge in [0, 0.05) is 56.2 Å². The van der Waals surface area contributed by atoms with Gasteiger partial charge in [0.25, 0.3) is 0 Å². The van der Waals surface area contributed by atoms with E-state index in [1.807, 2.05) is 48.2 Å². The van der Waals surface area contributed by atoms with Crippen molar-refractivity contribution < 1.29 is 4.79 Å². The van der Waals surface area contributed by atoms with E-state index in [-0.39, 0.29) is 11.9 Å². The SMILES string of the molecule is CN(C)c1ccc(NC(=O)N2CCCC(c3nc(-c4ccc5c(c4)CCC5)c4ccccn34)C2)cc1. The van der Waals surface area contributed by atoms with E-state index in [4.69, 9.17) is 4.98 Å². The molecule has 2 aliphatic rings. The number of imidazole rings is 1. The molecule has 1 aliphatic carbocycles. The van der Waals surface area contributed by atoms with Crippen LogP contribution >= 0.6 is 0 Å². The number of aryl methyl sites for hydroxylation is 2. The second-order valence-electron chi connectivity index (χ2n) is 10.3. The molecule has 0 bridgehead atoms. The van der Waals surface area contributed by atoms with Crippen molar-refractivity contribution in [3.63, 3.8) is 0 Å². The molecule has 1 saturated heterocycles. The minimum Gasteiger partial charge on any atom is -0.378 e. The maximum Gasteiger partial charge on any atom is 0.321 e. The third kappa shape index (κ3) is 4.21. The van der Waals surface area contributed by atoms with E-state index in [1.54, 1.807) is 0 Å². The molecule has 6 rings (SSSR count). The van der Waals surface area contributed by atoms with Gasteiger partial charge in [0.2, 0.25) is 0 Å². The summed E-state index contributed by atoms with van der Waals surface area (Å²) in [5, 5.41) is 3.08. The Hall–Kier alpha value is -3.80. The number of pyridine rings is 1. The van der Waals surface area contributed by atoms with Gasteiger partial charge in [-0.3, -0.25) is 0 Å². The van der Waals surface area contributed by atoms with Gasteiger partial charge < -0.3 is 19.5 Å². The van der Waals surface area contributed by atoms with E-state index in [2.05, 4.69) is 52.3 Å². The molecule has 0 saturated carbocycles. The lowest BCUT2D eigenvalue weighted by Gasteiger charge is -2.32. The Bertz CT molecular complexity index is 1400. The molecule has 0 radical (unpaired) electrons. The molecule has 2 aromatic carbocycles. The zero-order valence-corrected chi connectivity index (χ0v) is 21.1. The summed E-state index contributed by atoms with van der Waals surface area (Å²) in [5.74, 6) is 1.24. The van der Waals surface area contributed by atoms with E-state index in [0.29, 0.717) is 6.54 Å². The lowest BCUT2D eigenvalue weighted by atomic mass is 9.97. The number of amides is 2. The number of nitrogens with one attached hydrogen (secondary N) is 1. The summed E-state index contributed by atoms with van der Waals surface area (Å²) >= 11 is 0. The molecule has 1 aliphatic heterocycles. The zero-order valence-electron chi connectivity index (χ0n) is 21.1. The molecule has 6 nitrogen and oxygen atoms in total. The smallest absolute Gasteiger partial charge is 0.321 e. The summed E-state index contributed by atoms with van der Waals surface area (Å²) in [5.41, 5.74) is 8.24. The van der Waals surface area contributed by atoms with Crippen LogP contribution in [0.25, 0.3) is 16.8 Å². The lowest BCUT2D eigenvalue weighted by molar-refractivity contribution is 0.191. The monoisotopic (exact) mass is 479 g/mol. The fraction of sp³-hybridized carbons (Fsp3) is 0.333. The highest BCUT2D eigenvalue weighted by Gasteiger charge is 2.29. The van der Waals surface area contributed by atoms with Crippen molar-refractivity contribution in [1.82, 2.24) is 14.3 Å². The number of piperidine rings is 1. The standard InChI is InChI=1S/C30H33N5O/c1-33(2)26-15-13-25(14-16-26)31-30(36)34-17-6-9-24(20-34)29-32-28(27-10-3-4-18-35(27)29)23-12-11-21-7-5-8-22(21)19-23/h3-4,10-16,18-19,24H,5-9,17,20H2,1-2H3,(H,31,36). The zero-order chi connectivity index (χ0) is 24.6. The van der Waals surface area contributed by atoms with Gasteiger partial charge in [-0.1, -0.05) is 18.2 Å². The summed E-state index contributed by atoms with van der Waals surface area (Å²) < 4.78 is 2.23. The highest BCUT2D eigenvalue weighted by Crippen LogP contribution is 2.34. The molecule has 1 atom stereocenters. The number of benzene rings is 2. The molecule has 184 valence electrons. The Morgan fingerprint density at radius 3 is 2.67 bits per heavy atom. The first kappa shape index (κ1) is 22.7. The fourth-order valence-corrected chi connectivity index (χ4v) is 5.70. The molecule has 0 spiro atoms. The average molecular weight is 480 g/mol. The molecule has 4 aromatic rings. The van der Waals surface area contributed by atoms with Crippen LogP contribution in [0.4, 0.5) is 16.2 Å². The minimum absolute atomic E-state index is 0.0444. The molecular formula is C30H33N5O. The number of anilines is 2. The Kier molecular flexibility index (Phi) is 5.88. The van der Waals surface area contributed by atoms with Gasteiger partial charge in [-0.05, 0) is 85.7 Å². The van der Waals surface area contributed by atoms with Crippen LogP contribution in [-0.4, -0.2) is 47.5 Å². The lowest BCUT2D eigenvalue weighted by Crippen LogP contribution is -2.42. The third-order valence-electron chi connectivity index (χ3n) is 7.66. The van der Waals surface area contributed by atoms with Crippen LogP contribution in [0.5, 0.6) is 0 Å². The van der Waals surface area contributed by atoms with E-state index < -0.39 is 0 Å². The van der Waals surface area contributed by atoms with Crippen LogP contribution in [0.3, 0.4) is 0 Å². The molecule has 2 aromatic heterocycles. The topological polar surface area (TPSA) is 52.9 Å². The molecule has 1 unspecified atom stereocenters. The van der Waals surface area contributed by atoms with Crippen LogP contribution in [0.1, 0.15) is 42.1 Å². The number of carbonyl (C=O) groups excluding carboxylic acids is 1. The first-order valence-corrected chi connectivity index (χ1v) is 13.0. The van der Waals surface area contributed by atoms with Gasteiger partial charge in [0.05, 0.1) is 11.2 Å². The van der Waals surface area contributed by atoms with Crippen LogP contribution in [0, 0.1) is 0 Å². The van der Waals surface area contributed by atoms with Crippen molar-refractivity contribution in [2.45, 2.75) is 38.0 Å². The van der Waals surface area contributed by atoms with Crippen molar-refractivity contribution in [2.75, 3.05) is 37.4 Å². The highest BCUT2D eigenvalue weighted by atomic mass is 16.2. The second kappa shape index (κ2) is 9.34. The van der Waals surface area contributed by atoms with E-state index in [9.17, 15) is 4.79 Å². The van der Waals surface area contributed by atoms with E-state index in [1.165, 1.54) is 29.5 Å². The summed E-state index contributed by atoms with van der Waals surface area (Å²) in [7, 11) is 4.02. The summed E-state index contributed by atoms with van der Waals surface area (Å²) in [6.45, 7) is 1.43. The maximum absolute atomic E-state index is 13.1. The molecule has 6 heteroatoms. The summed E-state index contributed by atoms with van der Waals surface area (Å²) in [6.07, 6.45) is 7.69. The first-order chi connectivity index (χ1) is 17.6. The Morgan fingerprint density at radius 2 is 1.83 bits per heavy atom. The van der Waals surface area contributed by atoms with Crippen molar-refractivity contribution in [3.05, 3.63) is 83.8 Å². The van der Waals surface area contributed by atoms with Gasteiger partial charge >= 0.3 is 6.03 Å². The Balaban J connectivity index is 1.25. The van der Waals surface area contributed by atoms with Gasteiger partial charge in [-0.2, -0.15) is 0 Å². The van der Waals surface area contributed by atoms with Crippen molar-refractivity contribution >= 4 is 22.9 Å². The number of urea groups is 1. The number of aromatic nitrogens is 2. The largest absolute Gasteiger partial charge is 0.378 e. The predicted octanol–water partition coefficient (Wildman–Crippen LogP) is 5.97. The number of hydrogen-bond donors (Lipinski definition) is 1. The predicted molar refractivity (Wildman–Crippen MR) is 146 cm³/mol. The van der Waals surface area contributed by atoms with Crippen molar-refractivity contribution in [2.24, 2.45) is 0 Å². The number of hydrogen-bond acceptors (Lipinski definition) is 3. The number of likely N-dealkylation sites (tertiary alicyclic amines) is 1. The van der Waals surface area contributed by atoms with Crippen molar-refractivity contribution in [1.29, 1.82) is 0 Å². The van der Waals surface area contributed by atoms with Crippen LogP contribution in [0.15, 0.2) is 66.9 Å². The second-order valence-corrected chi connectivity index (χ2v) is 10.3. The van der Waals surface area contributed by atoms with Gasteiger partial charge in [0.1, 0.15) is 5.82 Å². The number of fused-ring (bicyclic) bond motifs is 2. The average Bonchev–Trinajstić information content (AvgIpc) is 3.53. The van der Waals surface area contributed by atoms with E-state index >= 15 is 0 Å². The highest BCUT2D eigenvalue weighted by molar-refractivity contribution is 5.89. The summed E-state index contributed by atoms with van der Waals surface area (Å²) in [4.78, 5) is 22.3. The third-order valence-corrected chi connectivity index (χ3v) is 7.66. The Labute approximate surface area is 212 Å². The maximum atomic E-state index is 13.1. The normalized spacial score (nSPS) is 17.3. The molecule has 2 amide bonds. The quantitative estimate of drug-likeness (QED) is 0.392. The Morgan fingerprint density at radius 1 is 1.00 bits per heavy atom. The fourth-order valence-electron chi connectivity index (χ4n) is 5.70. The van der Waals surface area contributed by atoms with Gasteiger partial charge in [0.15, 0.2) is 0 Å². The molecule has 3 heterocycles. The number of rotatable bonds is 4. The van der Waals surface area contributed by atoms with Crippen LogP contribution < -0.4 is 10.2 Å². The molecular weight excluding hydrogens is 446 g/mol. The van der Waals surface area contributed by atoms with Gasteiger partial charge in [-0.25, -0.2) is 9.78 Å². The molecule has 1 N–H and O–H groups in total. The summed E-state index contributed by atoms with van der Waals surface area (Å²) in [6, 6.07) is 21.1. The first-order valence-electron chi connectivity index (χ1n) is 13.0. The molecule has 1 fully saturated rings. The van der Waals surface area contributed by atoms with Gasteiger partial charge in [-0.15, -0.1) is 0 Å². The van der Waals surface area contributed by atoms with Crippen molar-refractivity contribution in [3.8, 4) is 11.3 Å². The van der Waals surface area contributed by atoms with Crippen LogP contribution in [-0.2, 0) is 12.8 Å².